The third-order valence-corrected chi connectivity index (χ3v) is 2.97. The molecular formula is C8H8ClN3S. The SMILES string of the molecule is NCCc1cc2cc(Cl)nnc2s1. The molecule has 0 saturated heterocycles. The van der Waals surface area contributed by atoms with Crippen LogP contribution in [0.5, 0.6) is 0 Å². The van der Waals surface area contributed by atoms with Crippen LogP contribution in [0.15, 0.2) is 12.1 Å². The van der Waals surface area contributed by atoms with Crippen molar-refractivity contribution >= 4 is 33.2 Å². The highest BCUT2D eigenvalue weighted by atomic mass is 35.5. The van der Waals surface area contributed by atoms with Gasteiger partial charge in [0.25, 0.3) is 0 Å². The predicted octanol–water partition coefficient (Wildman–Crippen LogP) is 1.85. The molecule has 68 valence electrons. The van der Waals surface area contributed by atoms with Gasteiger partial charge in [-0.15, -0.1) is 21.5 Å². The van der Waals surface area contributed by atoms with Crippen molar-refractivity contribution in [3.8, 4) is 0 Å². The van der Waals surface area contributed by atoms with Crippen molar-refractivity contribution in [1.82, 2.24) is 10.2 Å². The summed E-state index contributed by atoms with van der Waals surface area (Å²) in [6.07, 6.45) is 0.888. The van der Waals surface area contributed by atoms with Crippen molar-refractivity contribution < 1.29 is 0 Å². The van der Waals surface area contributed by atoms with Gasteiger partial charge in [0.05, 0.1) is 0 Å². The Morgan fingerprint density at radius 2 is 2.23 bits per heavy atom. The van der Waals surface area contributed by atoms with Crippen molar-refractivity contribution in [1.29, 1.82) is 0 Å². The van der Waals surface area contributed by atoms with E-state index in [0.29, 0.717) is 11.7 Å². The molecular weight excluding hydrogens is 206 g/mol. The summed E-state index contributed by atoms with van der Waals surface area (Å²) in [7, 11) is 0. The fraction of sp³-hybridized carbons (Fsp3) is 0.250. The lowest BCUT2D eigenvalue weighted by molar-refractivity contribution is 0.989. The van der Waals surface area contributed by atoms with Gasteiger partial charge in [0.1, 0.15) is 4.83 Å². The molecule has 0 unspecified atom stereocenters. The van der Waals surface area contributed by atoms with Gasteiger partial charge in [0.2, 0.25) is 0 Å². The van der Waals surface area contributed by atoms with Crippen LogP contribution in [0.2, 0.25) is 5.15 Å². The fourth-order valence-electron chi connectivity index (χ4n) is 1.15. The van der Waals surface area contributed by atoms with E-state index in [1.54, 1.807) is 11.3 Å². The van der Waals surface area contributed by atoms with Gasteiger partial charge >= 0.3 is 0 Å². The molecule has 0 radical (unpaired) electrons. The molecule has 0 saturated carbocycles. The third kappa shape index (κ3) is 1.80. The Labute approximate surface area is 84.5 Å². The van der Waals surface area contributed by atoms with Gasteiger partial charge in [0, 0.05) is 10.3 Å². The molecule has 0 amide bonds. The van der Waals surface area contributed by atoms with Gasteiger partial charge in [-0.1, -0.05) is 11.6 Å². The van der Waals surface area contributed by atoms with E-state index >= 15 is 0 Å². The van der Waals surface area contributed by atoms with Crippen LogP contribution < -0.4 is 5.73 Å². The lowest BCUT2D eigenvalue weighted by Crippen LogP contribution is -2.00. The quantitative estimate of drug-likeness (QED) is 0.829. The van der Waals surface area contributed by atoms with Crippen LogP contribution in [-0.4, -0.2) is 16.7 Å². The van der Waals surface area contributed by atoms with E-state index in [2.05, 4.69) is 16.3 Å². The topological polar surface area (TPSA) is 51.8 Å². The molecule has 0 aliphatic carbocycles. The monoisotopic (exact) mass is 213 g/mol. The molecule has 2 aromatic rings. The average molecular weight is 214 g/mol. The minimum atomic E-state index is 0.435. The third-order valence-electron chi connectivity index (χ3n) is 1.69. The molecule has 0 aliphatic heterocycles. The van der Waals surface area contributed by atoms with E-state index < -0.39 is 0 Å². The second kappa shape index (κ2) is 3.57. The zero-order chi connectivity index (χ0) is 9.26. The number of hydrogen-bond acceptors (Lipinski definition) is 4. The van der Waals surface area contributed by atoms with E-state index in [0.717, 1.165) is 16.6 Å². The van der Waals surface area contributed by atoms with Crippen LogP contribution in [0.3, 0.4) is 0 Å². The van der Waals surface area contributed by atoms with Gasteiger partial charge in [-0.05, 0) is 25.1 Å². The van der Waals surface area contributed by atoms with Gasteiger partial charge < -0.3 is 5.73 Å². The smallest absolute Gasteiger partial charge is 0.152 e. The first-order chi connectivity index (χ1) is 6.29. The number of rotatable bonds is 2. The standard InChI is InChI=1S/C8H8ClN3S/c9-7-4-5-3-6(1-2-10)13-8(5)12-11-7/h3-4H,1-2,10H2. The molecule has 5 heteroatoms. The molecule has 0 aliphatic rings. The van der Waals surface area contributed by atoms with Crippen molar-refractivity contribution in [2.75, 3.05) is 6.54 Å². The van der Waals surface area contributed by atoms with E-state index in [9.17, 15) is 0 Å². The summed E-state index contributed by atoms with van der Waals surface area (Å²) in [6.45, 7) is 0.661. The van der Waals surface area contributed by atoms with Crippen LogP contribution >= 0.6 is 22.9 Å². The summed E-state index contributed by atoms with van der Waals surface area (Å²) in [4.78, 5) is 2.15. The summed E-state index contributed by atoms with van der Waals surface area (Å²) < 4.78 is 0. The number of hydrogen-bond donors (Lipinski definition) is 1. The largest absolute Gasteiger partial charge is 0.330 e. The second-order valence-electron chi connectivity index (χ2n) is 2.68. The van der Waals surface area contributed by atoms with Crippen LogP contribution in [0.25, 0.3) is 10.2 Å². The molecule has 0 bridgehead atoms. The Hall–Kier alpha value is -0.710. The van der Waals surface area contributed by atoms with E-state index in [1.807, 2.05) is 6.07 Å². The molecule has 0 spiro atoms. The highest BCUT2D eigenvalue weighted by Gasteiger charge is 2.03. The van der Waals surface area contributed by atoms with E-state index in [4.69, 9.17) is 17.3 Å². The maximum absolute atomic E-state index is 5.71. The molecule has 0 aromatic carbocycles. The lowest BCUT2D eigenvalue weighted by atomic mass is 10.3. The minimum absolute atomic E-state index is 0.435. The Morgan fingerprint density at radius 1 is 1.38 bits per heavy atom. The molecule has 2 rings (SSSR count). The first-order valence-corrected chi connectivity index (χ1v) is 5.11. The fourth-order valence-corrected chi connectivity index (χ4v) is 2.27. The van der Waals surface area contributed by atoms with Crippen LogP contribution in [-0.2, 0) is 6.42 Å². The average Bonchev–Trinajstić information content (AvgIpc) is 2.46. The number of nitrogens with two attached hydrogens (primary N) is 1. The number of thiophene rings is 1. The summed E-state index contributed by atoms with van der Waals surface area (Å²) >= 11 is 7.33. The Morgan fingerprint density at radius 3 is 3.00 bits per heavy atom. The van der Waals surface area contributed by atoms with Gasteiger partial charge in [0.15, 0.2) is 5.15 Å². The van der Waals surface area contributed by atoms with Crippen molar-refractivity contribution in [2.45, 2.75) is 6.42 Å². The van der Waals surface area contributed by atoms with Crippen molar-refractivity contribution in [2.24, 2.45) is 5.73 Å². The van der Waals surface area contributed by atoms with Crippen LogP contribution in [0.4, 0.5) is 0 Å². The molecule has 0 fully saturated rings. The molecule has 3 nitrogen and oxygen atoms in total. The summed E-state index contributed by atoms with van der Waals surface area (Å²) in [5, 5.41) is 9.24. The zero-order valence-corrected chi connectivity index (χ0v) is 8.40. The first kappa shape index (κ1) is 8.87. The molecule has 2 N–H and O–H groups in total. The Balaban J connectivity index is 2.49. The van der Waals surface area contributed by atoms with Gasteiger partial charge in [-0.25, -0.2) is 0 Å². The van der Waals surface area contributed by atoms with Gasteiger partial charge in [-0.2, -0.15) is 0 Å². The Bertz CT molecular complexity index is 426. The van der Waals surface area contributed by atoms with E-state index in [-0.39, 0.29) is 0 Å². The summed E-state index contributed by atoms with van der Waals surface area (Å²) in [6, 6.07) is 3.88. The number of halogens is 1. The molecule has 13 heavy (non-hydrogen) atoms. The number of aromatic nitrogens is 2. The molecule has 0 atom stereocenters. The molecule has 2 heterocycles. The van der Waals surface area contributed by atoms with E-state index in [1.165, 1.54) is 4.88 Å². The zero-order valence-electron chi connectivity index (χ0n) is 6.83. The first-order valence-electron chi connectivity index (χ1n) is 3.91. The second-order valence-corrected chi connectivity index (χ2v) is 4.18. The lowest BCUT2D eigenvalue weighted by Gasteiger charge is -1.86. The summed E-state index contributed by atoms with van der Waals surface area (Å²) in [5.74, 6) is 0. The Kier molecular flexibility index (Phi) is 2.44. The van der Waals surface area contributed by atoms with Gasteiger partial charge in [-0.3, -0.25) is 0 Å². The van der Waals surface area contributed by atoms with Crippen molar-refractivity contribution in [3.05, 3.63) is 22.2 Å². The number of nitrogens with zero attached hydrogens (tertiary/aromatic N) is 2. The highest BCUT2D eigenvalue weighted by molar-refractivity contribution is 7.18. The predicted molar refractivity (Wildman–Crippen MR) is 55.2 cm³/mol. The maximum atomic E-state index is 5.71. The minimum Gasteiger partial charge on any atom is -0.330 e. The van der Waals surface area contributed by atoms with Crippen molar-refractivity contribution in [3.63, 3.8) is 0 Å². The highest BCUT2D eigenvalue weighted by Crippen LogP contribution is 2.24. The normalized spacial score (nSPS) is 10.9. The maximum Gasteiger partial charge on any atom is 0.152 e. The van der Waals surface area contributed by atoms with Crippen LogP contribution in [0, 0.1) is 0 Å². The number of fused-ring (bicyclic) bond motifs is 1. The van der Waals surface area contributed by atoms with Crippen LogP contribution in [0.1, 0.15) is 4.88 Å². The summed E-state index contributed by atoms with van der Waals surface area (Å²) in [5.41, 5.74) is 5.46. The molecule has 2 aromatic heterocycles.